The van der Waals surface area contributed by atoms with Crippen molar-refractivity contribution in [1.82, 2.24) is 24.0 Å². The molecule has 1 fully saturated rings. The third-order valence-corrected chi connectivity index (χ3v) is 9.27. The van der Waals surface area contributed by atoms with Crippen LogP contribution in [0.2, 0.25) is 10.0 Å². The molecule has 14 heteroatoms. The monoisotopic (exact) mass is 667 g/mol. The number of benzene rings is 1. The van der Waals surface area contributed by atoms with Crippen LogP contribution in [0, 0.1) is 12.7 Å². The Morgan fingerprint density at radius 1 is 1.07 bits per heavy atom. The molecule has 2 aliphatic rings. The van der Waals surface area contributed by atoms with Gasteiger partial charge in [-0.1, -0.05) is 43.6 Å². The number of aromatic nitrogens is 4. The quantitative estimate of drug-likeness (QED) is 0.189. The molecule has 5 heterocycles. The average molecular weight is 669 g/mol. The summed E-state index contributed by atoms with van der Waals surface area (Å²) in [5.74, 6) is -1.05. The van der Waals surface area contributed by atoms with Gasteiger partial charge in [-0.05, 0) is 38.0 Å². The first kappa shape index (κ1) is 31.6. The Morgan fingerprint density at radius 2 is 1.76 bits per heavy atom. The predicted molar refractivity (Wildman–Crippen MR) is 177 cm³/mol. The zero-order valence-electron chi connectivity index (χ0n) is 25.6. The van der Waals surface area contributed by atoms with E-state index in [1.165, 1.54) is 23.0 Å². The maximum atomic E-state index is 15.7. The molecule has 0 aliphatic carbocycles. The zero-order chi connectivity index (χ0) is 33.0. The Morgan fingerprint density at radius 3 is 2.41 bits per heavy atom. The number of anilines is 2. The summed E-state index contributed by atoms with van der Waals surface area (Å²) < 4.78 is 24.3. The van der Waals surface area contributed by atoms with Crippen LogP contribution in [0.4, 0.5) is 15.8 Å². The van der Waals surface area contributed by atoms with Crippen LogP contribution in [0.25, 0.3) is 22.3 Å². The maximum Gasteiger partial charge on any atom is 0.300 e. The fourth-order valence-electron chi connectivity index (χ4n) is 6.52. The average Bonchev–Trinajstić information content (AvgIpc) is 3.25. The second kappa shape index (κ2) is 12.1. The lowest BCUT2D eigenvalue weighted by molar-refractivity contribution is -0.126. The highest BCUT2D eigenvalue weighted by Gasteiger charge is 2.37. The Bertz CT molecular complexity index is 2010. The van der Waals surface area contributed by atoms with Crippen molar-refractivity contribution < 1.29 is 13.9 Å². The number of pyridine rings is 2. The van der Waals surface area contributed by atoms with Crippen LogP contribution in [0.1, 0.15) is 37.4 Å². The van der Waals surface area contributed by atoms with E-state index in [0.29, 0.717) is 72.7 Å². The molecule has 1 saturated heterocycles. The summed E-state index contributed by atoms with van der Waals surface area (Å²) in [4.78, 5) is 54.7. The molecule has 0 radical (unpaired) electrons. The summed E-state index contributed by atoms with van der Waals surface area (Å²) in [6.45, 7) is 10.4. The van der Waals surface area contributed by atoms with Crippen LogP contribution in [-0.4, -0.2) is 62.2 Å². The van der Waals surface area contributed by atoms with Gasteiger partial charge in [-0.3, -0.25) is 23.5 Å². The summed E-state index contributed by atoms with van der Waals surface area (Å²) in [7, 11) is 0. The van der Waals surface area contributed by atoms with Crippen LogP contribution >= 0.6 is 23.2 Å². The third kappa shape index (κ3) is 4.82. The predicted octanol–water partition coefficient (Wildman–Crippen LogP) is 4.38. The van der Waals surface area contributed by atoms with Gasteiger partial charge < -0.3 is 20.3 Å². The molecule has 3 aromatic heterocycles. The van der Waals surface area contributed by atoms with E-state index in [1.807, 2.05) is 18.7 Å². The minimum atomic E-state index is -0.935. The number of piperazine rings is 1. The molecule has 46 heavy (non-hydrogen) atoms. The maximum absolute atomic E-state index is 15.7. The highest BCUT2D eigenvalue weighted by atomic mass is 35.5. The molecule has 0 spiro atoms. The van der Waals surface area contributed by atoms with Gasteiger partial charge in [-0.15, -0.1) is 0 Å². The molecule has 1 unspecified atom stereocenters. The first-order valence-corrected chi connectivity index (χ1v) is 15.7. The van der Waals surface area contributed by atoms with E-state index in [1.54, 1.807) is 17.9 Å². The van der Waals surface area contributed by atoms with Gasteiger partial charge in [0.2, 0.25) is 11.7 Å². The van der Waals surface area contributed by atoms with Gasteiger partial charge in [0.25, 0.3) is 11.1 Å². The van der Waals surface area contributed by atoms with E-state index in [9.17, 15) is 14.4 Å². The number of fused-ring (bicyclic) bond motifs is 5. The van der Waals surface area contributed by atoms with E-state index in [4.69, 9.17) is 33.7 Å². The van der Waals surface area contributed by atoms with E-state index in [2.05, 4.69) is 16.5 Å². The number of carbonyl (C=O) groups is 1. The lowest BCUT2D eigenvalue weighted by Crippen LogP contribution is -2.54. The summed E-state index contributed by atoms with van der Waals surface area (Å²) >= 11 is 12.5. The Balaban J connectivity index is 1.78. The van der Waals surface area contributed by atoms with E-state index < -0.39 is 16.9 Å². The fraction of sp³-hybridized carbons (Fsp3) is 0.344. The number of nitrogen functional groups attached to an aromatic ring is 1. The minimum absolute atomic E-state index is 0.0340. The first-order chi connectivity index (χ1) is 22.0. The molecule has 1 aromatic carbocycles. The number of halogens is 3. The van der Waals surface area contributed by atoms with Gasteiger partial charge in [0.15, 0.2) is 5.82 Å². The summed E-state index contributed by atoms with van der Waals surface area (Å²) in [5.41, 5.74) is 6.58. The van der Waals surface area contributed by atoms with Crippen molar-refractivity contribution >= 4 is 51.4 Å². The highest BCUT2D eigenvalue weighted by molar-refractivity contribution is 6.37. The lowest BCUT2D eigenvalue weighted by atomic mass is 10.0. The smallest absolute Gasteiger partial charge is 0.300 e. The molecule has 0 saturated carbocycles. The van der Waals surface area contributed by atoms with Gasteiger partial charge >= 0.3 is 0 Å². The number of rotatable bonds is 5. The van der Waals surface area contributed by atoms with Gasteiger partial charge in [0.1, 0.15) is 17.5 Å². The molecule has 4 aromatic rings. The standard InChI is InChI=1S/C32H32Cl2FN7O4/c1-5-21-28(22(6-2)38-15-37-21)42-27-18(12-16(4)41(31(27)44)29-24(35)19(33)13-20(34)25(29)36)26-30(32(42)45)46-11-8-17-14-39(23(43)7-3)9-10-40(17)26/h7,12-13,15,17H,3,5-6,8-11,14,36H2,1-2,4H3. The van der Waals surface area contributed by atoms with Crippen molar-refractivity contribution in [2.24, 2.45) is 0 Å². The number of hydrogen-bond donors (Lipinski definition) is 1. The molecular weight excluding hydrogens is 636 g/mol. The van der Waals surface area contributed by atoms with Gasteiger partial charge in [0, 0.05) is 37.1 Å². The molecule has 2 aliphatic heterocycles. The van der Waals surface area contributed by atoms with Crippen molar-refractivity contribution in [2.45, 2.75) is 46.1 Å². The second-order valence-corrected chi connectivity index (χ2v) is 12.0. The van der Waals surface area contributed by atoms with Crippen molar-refractivity contribution in [2.75, 3.05) is 36.9 Å². The topological polar surface area (TPSA) is 129 Å². The molecule has 1 atom stereocenters. The molecule has 11 nitrogen and oxygen atoms in total. The number of nitrogens with zero attached hydrogens (tertiary/aromatic N) is 6. The molecular formula is C32H32Cl2FN7O4. The third-order valence-electron chi connectivity index (χ3n) is 8.69. The van der Waals surface area contributed by atoms with Crippen molar-refractivity contribution in [3.63, 3.8) is 0 Å². The normalized spacial score (nSPS) is 16.1. The lowest BCUT2D eigenvalue weighted by Gasteiger charge is -2.42. The number of nitrogens with two attached hydrogens (primary N) is 1. The van der Waals surface area contributed by atoms with Crippen LogP contribution in [0.3, 0.4) is 0 Å². The van der Waals surface area contributed by atoms with Crippen LogP contribution < -0.4 is 26.5 Å². The largest absolute Gasteiger partial charge is 0.486 e. The number of amides is 1. The van der Waals surface area contributed by atoms with E-state index in [-0.39, 0.29) is 51.2 Å². The summed E-state index contributed by atoms with van der Waals surface area (Å²) in [6.07, 6.45) is 4.09. The zero-order valence-corrected chi connectivity index (χ0v) is 27.1. The Labute approximate surface area is 273 Å². The SMILES string of the molecule is C=CC(=O)N1CCN2c3c(c(=O)n(-c4c(CC)ncnc4CC)c4c(=O)n(-c5c(N)c(Cl)cc(Cl)c5F)c(C)cc34)OCCC2C1. The van der Waals surface area contributed by atoms with Crippen molar-refractivity contribution in [3.8, 4) is 17.1 Å². The van der Waals surface area contributed by atoms with Crippen LogP contribution in [-0.2, 0) is 17.6 Å². The van der Waals surface area contributed by atoms with Crippen molar-refractivity contribution in [1.29, 1.82) is 0 Å². The summed E-state index contributed by atoms with van der Waals surface area (Å²) in [6, 6.07) is 2.66. The van der Waals surface area contributed by atoms with Gasteiger partial charge in [-0.2, -0.15) is 0 Å². The number of ether oxygens (including phenoxy) is 1. The fourth-order valence-corrected chi connectivity index (χ4v) is 6.98. The second-order valence-electron chi connectivity index (χ2n) is 11.2. The van der Waals surface area contributed by atoms with E-state index in [0.717, 1.165) is 4.57 Å². The Kier molecular flexibility index (Phi) is 8.28. The van der Waals surface area contributed by atoms with E-state index >= 15 is 4.39 Å². The number of hydrogen-bond acceptors (Lipinski definition) is 8. The Hall–Kier alpha value is -4.42. The number of aryl methyl sites for hydroxylation is 3. The first-order valence-electron chi connectivity index (χ1n) is 15.0. The highest BCUT2D eigenvalue weighted by Crippen LogP contribution is 2.41. The molecule has 2 N–H and O–H groups in total. The van der Waals surface area contributed by atoms with Crippen molar-refractivity contribution in [3.05, 3.63) is 84.8 Å². The van der Waals surface area contributed by atoms with Crippen LogP contribution in [0.5, 0.6) is 5.75 Å². The molecule has 240 valence electrons. The molecule has 0 bridgehead atoms. The summed E-state index contributed by atoms with van der Waals surface area (Å²) in [5, 5.41) is 0.0539. The molecule has 6 rings (SSSR count). The number of carbonyl (C=O) groups excluding carboxylic acids is 1. The minimum Gasteiger partial charge on any atom is -0.486 e. The molecule has 1 amide bonds. The van der Waals surface area contributed by atoms with Gasteiger partial charge in [-0.25, -0.2) is 14.4 Å². The van der Waals surface area contributed by atoms with Gasteiger partial charge in [0.05, 0.1) is 51.1 Å². The van der Waals surface area contributed by atoms with Crippen LogP contribution in [0.15, 0.2) is 40.7 Å².